The van der Waals surface area contributed by atoms with Crippen LogP contribution in [0.1, 0.15) is 23.2 Å². The molecule has 1 aromatic carbocycles. The predicted molar refractivity (Wildman–Crippen MR) is 89.1 cm³/mol. The molecular formula is C15H22ClN3O4. The SMILES string of the molecule is COCC1(CNC(=O)c2ccc([N+](=O)[O-])cc2)CCNCC1.Cl. The van der Waals surface area contributed by atoms with Crippen molar-refractivity contribution >= 4 is 24.0 Å². The minimum Gasteiger partial charge on any atom is -0.384 e. The van der Waals surface area contributed by atoms with Crippen molar-refractivity contribution in [1.82, 2.24) is 10.6 Å². The van der Waals surface area contributed by atoms with Gasteiger partial charge in [-0.15, -0.1) is 12.4 Å². The lowest BCUT2D eigenvalue weighted by Gasteiger charge is -2.37. The zero-order valence-electron chi connectivity index (χ0n) is 13.0. The predicted octanol–water partition coefficient (Wildman–Crippen LogP) is 1.76. The number of nitrogens with zero attached hydrogens (tertiary/aromatic N) is 1. The number of nitrogens with one attached hydrogen (secondary N) is 2. The van der Waals surface area contributed by atoms with Crippen molar-refractivity contribution in [3.63, 3.8) is 0 Å². The van der Waals surface area contributed by atoms with Gasteiger partial charge in [0.05, 0.1) is 11.5 Å². The van der Waals surface area contributed by atoms with Crippen LogP contribution in [-0.4, -0.2) is 44.2 Å². The molecule has 2 N–H and O–H groups in total. The number of non-ortho nitro benzene ring substituents is 1. The lowest BCUT2D eigenvalue weighted by Crippen LogP contribution is -2.47. The molecule has 1 saturated heterocycles. The molecule has 0 atom stereocenters. The van der Waals surface area contributed by atoms with E-state index in [1.807, 2.05) is 0 Å². The summed E-state index contributed by atoms with van der Waals surface area (Å²) in [6.07, 6.45) is 1.89. The number of methoxy groups -OCH3 is 1. The van der Waals surface area contributed by atoms with Crippen molar-refractivity contribution in [3.05, 3.63) is 39.9 Å². The van der Waals surface area contributed by atoms with E-state index >= 15 is 0 Å². The van der Waals surface area contributed by atoms with E-state index in [1.54, 1.807) is 7.11 Å². The van der Waals surface area contributed by atoms with Gasteiger partial charge in [-0.05, 0) is 38.1 Å². The van der Waals surface area contributed by atoms with Crippen molar-refractivity contribution in [2.45, 2.75) is 12.8 Å². The fraction of sp³-hybridized carbons (Fsp3) is 0.533. The number of nitro groups is 1. The highest BCUT2D eigenvalue weighted by atomic mass is 35.5. The van der Waals surface area contributed by atoms with Crippen molar-refractivity contribution in [2.75, 3.05) is 33.4 Å². The van der Waals surface area contributed by atoms with Crippen LogP contribution < -0.4 is 10.6 Å². The molecule has 1 fully saturated rings. The molecular weight excluding hydrogens is 322 g/mol. The number of benzene rings is 1. The van der Waals surface area contributed by atoms with Gasteiger partial charge in [-0.1, -0.05) is 0 Å². The van der Waals surface area contributed by atoms with Gasteiger partial charge in [-0.2, -0.15) is 0 Å². The summed E-state index contributed by atoms with van der Waals surface area (Å²) < 4.78 is 5.31. The van der Waals surface area contributed by atoms with Crippen LogP contribution in [0.5, 0.6) is 0 Å². The minimum absolute atomic E-state index is 0. The summed E-state index contributed by atoms with van der Waals surface area (Å²) in [4.78, 5) is 22.3. The molecule has 2 rings (SSSR count). The first-order valence-corrected chi connectivity index (χ1v) is 7.29. The third-order valence-electron chi connectivity index (χ3n) is 4.08. The molecule has 0 bridgehead atoms. The van der Waals surface area contributed by atoms with E-state index in [0.29, 0.717) is 18.7 Å². The third kappa shape index (κ3) is 5.16. The molecule has 0 radical (unpaired) electrons. The zero-order chi connectivity index (χ0) is 16.0. The van der Waals surface area contributed by atoms with Gasteiger partial charge in [0.25, 0.3) is 11.6 Å². The molecule has 0 unspecified atom stereocenters. The van der Waals surface area contributed by atoms with Crippen LogP contribution in [0.2, 0.25) is 0 Å². The summed E-state index contributed by atoms with van der Waals surface area (Å²) in [5.41, 5.74) is 0.356. The maximum Gasteiger partial charge on any atom is 0.269 e. The first kappa shape index (κ1) is 19.3. The quantitative estimate of drug-likeness (QED) is 0.606. The van der Waals surface area contributed by atoms with Crippen molar-refractivity contribution < 1.29 is 14.5 Å². The number of hydrogen-bond acceptors (Lipinski definition) is 5. The van der Waals surface area contributed by atoms with Crippen LogP contribution >= 0.6 is 12.4 Å². The molecule has 1 heterocycles. The zero-order valence-corrected chi connectivity index (χ0v) is 13.9. The van der Waals surface area contributed by atoms with E-state index in [-0.39, 0.29) is 29.4 Å². The van der Waals surface area contributed by atoms with Crippen LogP contribution in [0.3, 0.4) is 0 Å². The molecule has 8 heteroatoms. The maximum atomic E-state index is 12.2. The molecule has 1 aliphatic heterocycles. The smallest absolute Gasteiger partial charge is 0.269 e. The number of piperidine rings is 1. The average molecular weight is 344 g/mol. The van der Waals surface area contributed by atoms with Gasteiger partial charge < -0.3 is 15.4 Å². The largest absolute Gasteiger partial charge is 0.384 e. The van der Waals surface area contributed by atoms with Gasteiger partial charge in [0, 0.05) is 36.8 Å². The van der Waals surface area contributed by atoms with Crippen molar-refractivity contribution in [1.29, 1.82) is 0 Å². The normalized spacial score (nSPS) is 16.2. The fourth-order valence-corrected chi connectivity index (χ4v) is 2.74. The van der Waals surface area contributed by atoms with Crippen LogP contribution in [0, 0.1) is 15.5 Å². The fourth-order valence-electron chi connectivity index (χ4n) is 2.74. The topological polar surface area (TPSA) is 93.5 Å². The van der Waals surface area contributed by atoms with E-state index in [2.05, 4.69) is 10.6 Å². The summed E-state index contributed by atoms with van der Waals surface area (Å²) >= 11 is 0. The molecule has 23 heavy (non-hydrogen) atoms. The summed E-state index contributed by atoms with van der Waals surface area (Å²) in [5.74, 6) is -0.219. The number of nitro benzene ring substituents is 1. The van der Waals surface area contributed by atoms with Crippen LogP contribution in [0.25, 0.3) is 0 Å². The first-order valence-electron chi connectivity index (χ1n) is 7.29. The molecule has 0 aromatic heterocycles. The third-order valence-corrected chi connectivity index (χ3v) is 4.08. The van der Waals surface area contributed by atoms with Crippen molar-refractivity contribution in [2.24, 2.45) is 5.41 Å². The van der Waals surface area contributed by atoms with Gasteiger partial charge in [0.1, 0.15) is 0 Å². The van der Waals surface area contributed by atoms with E-state index in [4.69, 9.17) is 4.74 Å². The van der Waals surface area contributed by atoms with Crippen LogP contribution in [0.4, 0.5) is 5.69 Å². The molecule has 0 spiro atoms. The van der Waals surface area contributed by atoms with Gasteiger partial charge in [0.15, 0.2) is 0 Å². The second-order valence-electron chi connectivity index (χ2n) is 5.67. The van der Waals surface area contributed by atoms with Gasteiger partial charge in [-0.3, -0.25) is 14.9 Å². The molecule has 1 amide bonds. The highest BCUT2D eigenvalue weighted by Crippen LogP contribution is 2.28. The number of halogens is 1. The molecule has 1 aliphatic rings. The second-order valence-corrected chi connectivity index (χ2v) is 5.67. The Morgan fingerprint density at radius 3 is 2.48 bits per heavy atom. The number of ether oxygens (including phenoxy) is 1. The Hall–Kier alpha value is -1.70. The van der Waals surface area contributed by atoms with Crippen LogP contribution in [0.15, 0.2) is 24.3 Å². The Balaban J connectivity index is 0.00000264. The molecule has 0 aliphatic carbocycles. The van der Waals surface area contributed by atoms with Gasteiger partial charge >= 0.3 is 0 Å². The highest BCUT2D eigenvalue weighted by molar-refractivity contribution is 5.94. The number of amides is 1. The van der Waals surface area contributed by atoms with E-state index in [9.17, 15) is 14.9 Å². The molecule has 128 valence electrons. The number of hydrogen-bond donors (Lipinski definition) is 2. The summed E-state index contributed by atoms with van der Waals surface area (Å²) in [6.45, 7) is 2.97. The standard InChI is InChI=1S/C15H21N3O4.ClH/c1-22-11-15(6-8-16-9-7-15)10-17-14(19)12-2-4-13(5-3-12)18(20)21;/h2-5,16H,6-11H2,1H3,(H,17,19);1H. The van der Waals surface area contributed by atoms with Crippen LogP contribution in [-0.2, 0) is 4.74 Å². The Morgan fingerprint density at radius 1 is 1.35 bits per heavy atom. The van der Waals surface area contributed by atoms with E-state index < -0.39 is 4.92 Å². The lowest BCUT2D eigenvalue weighted by atomic mass is 9.79. The average Bonchev–Trinajstić information content (AvgIpc) is 2.54. The molecule has 7 nitrogen and oxygen atoms in total. The van der Waals surface area contributed by atoms with Gasteiger partial charge in [-0.25, -0.2) is 0 Å². The van der Waals surface area contributed by atoms with Gasteiger partial charge in [0.2, 0.25) is 0 Å². The minimum atomic E-state index is -0.482. The van der Waals surface area contributed by atoms with E-state index in [0.717, 1.165) is 25.9 Å². The number of carbonyl (C=O) groups excluding carboxylic acids is 1. The number of rotatable bonds is 6. The Morgan fingerprint density at radius 2 is 1.96 bits per heavy atom. The van der Waals surface area contributed by atoms with Crippen molar-refractivity contribution in [3.8, 4) is 0 Å². The monoisotopic (exact) mass is 343 g/mol. The molecule has 0 saturated carbocycles. The second kappa shape index (κ2) is 8.81. The first-order chi connectivity index (χ1) is 10.6. The summed E-state index contributed by atoms with van der Waals surface area (Å²) in [6, 6.07) is 5.62. The molecule has 1 aromatic rings. The maximum absolute atomic E-state index is 12.2. The number of carbonyl (C=O) groups is 1. The lowest BCUT2D eigenvalue weighted by molar-refractivity contribution is -0.384. The Bertz CT molecular complexity index is 525. The Kier molecular flexibility index (Phi) is 7.41. The summed E-state index contributed by atoms with van der Waals surface area (Å²) in [5, 5.41) is 16.8. The highest BCUT2D eigenvalue weighted by Gasteiger charge is 2.32. The van der Waals surface area contributed by atoms with E-state index in [1.165, 1.54) is 24.3 Å². The summed E-state index contributed by atoms with van der Waals surface area (Å²) in [7, 11) is 1.67. The Labute approximate surface area is 141 Å².